The van der Waals surface area contributed by atoms with E-state index in [4.69, 9.17) is 0 Å². The van der Waals surface area contributed by atoms with Crippen molar-refractivity contribution in [3.8, 4) is 5.75 Å². The van der Waals surface area contributed by atoms with Crippen LogP contribution in [0.2, 0.25) is 0 Å². The molecule has 0 aliphatic carbocycles. The van der Waals surface area contributed by atoms with E-state index in [1.165, 1.54) is 12.1 Å². The molecule has 0 aliphatic rings. The highest BCUT2D eigenvalue weighted by molar-refractivity contribution is 5.27. The molecule has 0 fully saturated rings. The minimum absolute atomic E-state index is 0.172. The minimum Gasteiger partial charge on any atom is -0.435 e. The van der Waals surface area contributed by atoms with Crippen molar-refractivity contribution in [2.75, 3.05) is 0 Å². The maximum Gasteiger partial charge on any atom is 0.387 e. The van der Waals surface area contributed by atoms with Crippen LogP contribution < -0.4 is 10.1 Å². The van der Waals surface area contributed by atoms with Crippen molar-refractivity contribution < 1.29 is 13.5 Å². The van der Waals surface area contributed by atoms with Gasteiger partial charge < -0.3 is 10.1 Å². The van der Waals surface area contributed by atoms with Crippen LogP contribution >= 0.6 is 0 Å². The molecule has 19 heavy (non-hydrogen) atoms. The second kappa shape index (κ2) is 6.29. The monoisotopic (exact) mass is 267 g/mol. The van der Waals surface area contributed by atoms with Crippen molar-refractivity contribution in [1.82, 2.24) is 15.1 Å². The molecule has 0 atom stereocenters. The summed E-state index contributed by atoms with van der Waals surface area (Å²) >= 11 is 0. The molecule has 0 unspecified atom stereocenters. The lowest BCUT2D eigenvalue weighted by molar-refractivity contribution is -0.0498. The first-order valence-corrected chi connectivity index (χ1v) is 5.85. The summed E-state index contributed by atoms with van der Waals surface area (Å²) in [7, 11) is 1.87. The molecule has 1 aromatic carbocycles. The van der Waals surface area contributed by atoms with Crippen LogP contribution in [0, 0.1) is 0 Å². The zero-order valence-electron chi connectivity index (χ0n) is 10.5. The molecule has 0 saturated carbocycles. The second-order valence-electron chi connectivity index (χ2n) is 4.15. The zero-order chi connectivity index (χ0) is 13.7. The Bertz CT molecular complexity index is 511. The molecular formula is C13H15F2N3O. The molecule has 102 valence electrons. The van der Waals surface area contributed by atoms with Gasteiger partial charge in [0.2, 0.25) is 0 Å². The van der Waals surface area contributed by atoms with Gasteiger partial charge in [-0.1, -0.05) is 12.1 Å². The fraction of sp³-hybridized carbons (Fsp3) is 0.308. The van der Waals surface area contributed by atoms with Gasteiger partial charge in [-0.25, -0.2) is 0 Å². The van der Waals surface area contributed by atoms with Crippen molar-refractivity contribution in [3.05, 3.63) is 47.8 Å². The van der Waals surface area contributed by atoms with Gasteiger partial charge >= 0.3 is 6.61 Å². The summed E-state index contributed by atoms with van der Waals surface area (Å²) in [6.07, 6.45) is 3.74. The van der Waals surface area contributed by atoms with Gasteiger partial charge in [0.25, 0.3) is 0 Å². The average molecular weight is 267 g/mol. The summed E-state index contributed by atoms with van der Waals surface area (Å²) in [5, 5.41) is 7.32. The number of alkyl halides is 2. The van der Waals surface area contributed by atoms with Crippen LogP contribution in [0.4, 0.5) is 8.78 Å². The largest absolute Gasteiger partial charge is 0.435 e. The lowest BCUT2D eigenvalue weighted by Gasteiger charge is -2.06. The molecule has 1 N–H and O–H groups in total. The summed E-state index contributed by atoms with van der Waals surface area (Å²) < 4.78 is 30.0. The van der Waals surface area contributed by atoms with Gasteiger partial charge in [-0.15, -0.1) is 0 Å². The average Bonchev–Trinajstić information content (AvgIpc) is 2.77. The Morgan fingerprint density at radius 2 is 1.89 bits per heavy atom. The highest BCUT2D eigenvalue weighted by Crippen LogP contribution is 2.14. The molecule has 2 aromatic rings. The summed E-state index contributed by atoms with van der Waals surface area (Å²) in [6, 6.07) is 6.59. The first-order chi connectivity index (χ1) is 9.13. The third-order valence-electron chi connectivity index (χ3n) is 2.57. The van der Waals surface area contributed by atoms with Gasteiger partial charge in [-0.05, 0) is 17.7 Å². The van der Waals surface area contributed by atoms with Crippen LogP contribution in [-0.4, -0.2) is 16.4 Å². The van der Waals surface area contributed by atoms with Crippen molar-refractivity contribution >= 4 is 0 Å². The predicted octanol–water partition coefficient (Wildman–Crippen LogP) is 2.31. The number of ether oxygens (including phenoxy) is 1. The minimum atomic E-state index is -2.78. The first kappa shape index (κ1) is 13.5. The number of aromatic nitrogens is 2. The lowest BCUT2D eigenvalue weighted by Crippen LogP contribution is -2.12. The fourth-order valence-corrected chi connectivity index (χ4v) is 1.70. The third kappa shape index (κ3) is 4.33. The quantitative estimate of drug-likeness (QED) is 0.873. The van der Waals surface area contributed by atoms with E-state index in [0.29, 0.717) is 13.1 Å². The van der Waals surface area contributed by atoms with Gasteiger partial charge in [-0.3, -0.25) is 4.68 Å². The normalized spacial score (nSPS) is 10.9. The number of nitrogens with zero attached hydrogens (tertiary/aromatic N) is 2. The van der Waals surface area contributed by atoms with Gasteiger partial charge in [0, 0.05) is 31.9 Å². The van der Waals surface area contributed by atoms with E-state index in [9.17, 15) is 8.78 Å². The van der Waals surface area contributed by atoms with Gasteiger partial charge in [0.1, 0.15) is 5.75 Å². The lowest BCUT2D eigenvalue weighted by atomic mass is 10.2. The van der Waals surface area contributed by atoms with E-state index < -0.39 is 6.61 Å². The fourth-order valence-electron chi connectivity index (χ4n) is 1.70. The molecule has 0 amide bonds. The Hall–Kier alpha value is -1.95. The molecule has 1 aromatic heterocycles. The SMILES string of the molecule is Cn1cc(CNCc2ccc(OC(F)F)cc2)cn1. The summed E-state index contributed by atoms with van der Waals surface area (Å²) in [6.45, 7) is -1.41. The standard InChI is InChI=1S/C13H15F2N3O/c1-18-9-11(8-17-18)7-16-6-10-2-4-12(5-3-10)19-13(14)15/h2-5,8-9,13,16H,6-7H2,1H3. The Morgan fingerprint density at radius 1 is 1.21 bits per heavy atom. The molecule has 0 saturated heterocycles. The maximum atomic E-state index is 12.0. The van der Waals surface area contributed by atoms with Gasteiger partial charge in [0.15, 0.2) is 0 Å². The summed E-state index contributed by atoms with van der Waals surface area (Å²) in [5.41, 5.74) is 2.10. The van der Waals surface area contributed by atoms with Crippen LogP contribution in [0.15, 0.2) is 36.7 Å². The Morgan fingerprint density at radius 3 is 2.47 bits per heavy atom. The number of hydrogen-bond acceptors (Lipinski definition) is 3. The van der Waals surface area contributed by atoms with E-state index in [2.05, 4.69) is 15.2 Å². The molecule has 6 heteroatoms. The number of halogens is 2. The van der Waals surface area contributed by atoms with E-state index >= 15 is 0 Å². The smallest absolute Gasteiger partial charge is 0.387 e. The number of rotatable bonds is 6. The van der Waals surface area contributed by atoms with E-state index in [0.717, 1.165) is 11.1 Å². The Balaban J connectivity index is 1.79. The number of benzene rings is 1. The number of aryl methyl sites for hydroxylation is 1. The van der Waals surface area contributed by atoms with Crippen molar-refractivity contribution in [1.29, 1.82) is 0 Å². The maximum absolute atomic E-state index is 12.0. The third-order valence-corrected chi connectivity index (χ3v) is 2.57. The molecule has 1 heterocycles. The molecule has 4 nitrogen and oxygen atoms in total. The van der Waals surface area contributed by atoms with Crippen molar-refractivity contribution in [3.63, 3.8) is 0 Å². The van der Waals surface area contributed by atoms with E-state index in [-0.39, 0.29) is 5.75 Å². The van der Waals surface area contributed by atoms with E-state index in [1.807, 2.05) is 13.2 Å². The number of hydrogen-bond donors (Lipinski definition) is 1. The van der Waals surface area contributed by atoms with Crippen LogP contribution in [-0.2, 0) is 20.1 Å². The molecule has 0 spiro atoms. The summed E-state index contributed by atoms with van der Waals surface area (Å²) in [4.78, 5) is 0. The first-order valence-electron chi connectivity index (χ1n) is 5.85. The molecule has 0 radical (unpaired) electrons. The Labute approximate surface area is 110 Å². The van der Waals surface area contributed by atoms with Gasteiger partial charge in [-0.2, -0.15) is 13.9 Å². The Kier molecular flexibility index (Phi) is 4.46. The van der Waals surface area contributed by atoms with Crippen LogP contribution in [0.3, 0.4) is 0 Å². The van der Waals surface area contributed by atoms with Crippen molar-refractivity contribution in [2.24, 2.45) is 7.05 Å². The molecular weight excluding hydrogens is 252 g/mol. The van der Waals surface area contributed by atoms with E-state index in [1.54, 1.807) is 23.0 Å². The zero-order valence-corrected chi connectivity index (χ0v) is 10.5. The molecule has 0 aliphatic heterocycles. The van der Waals surface area contributed by atoms with Crippen LogP contribution in [0.25, 0.3) is 0 Å². The molecule has 0 bridgehead atoms. The van der Waals surface area contributed by atoms with Crippen molar-refractivity contribution in [2.45, 2.75) is 19.7 Å². The van der Waals surface area contributed by atoms with Crippen LogP contribution in [0.1, 0.15) is 11.1 Å². The van der Waals surface area contributed by atoms with Crippen LogP contribution in [0.5, 0.6) is 5.75 Å². The highest BCUT2D eigenvalue weighted by Gasteiger charge is 2.03. The number of nitrogens with one attached hydrogen (secondary N) is 1. The topological polar surface area (TPSA) is 39.1 Å². The molecule has 2 rings (SSSR count). The summed E-state index contributed by atoms with van der Waals surface area (Å²) in [5.74, 6) is 0.172. The van der Waals surface area contributed by atoms with Gasteiger partial charge in [0.05, 0.1) is 6.20 Å². The predicted molar refractivity (Wildman–Crippen MR) is 66.8 cm³/mol. The second-order valence-corrected chi connectivity index (χ2v) is 4.15. The highest BCUT2D eigenvalue weighted by atomic mass is 19.3.